The molecular weight excluding hydrogens is 332 g/mol. The second-order valence-corrected chi connectivity index (χ2v) is 5.70. The van der Waals surface area contributed by atoms with Crippen molar-refractivity contribution < 1.29 is 19.4 Å². The third-order valence-electron chi connectivity index (χ3n) is 3.16. The third kappa shape index (κ3) is 7.77. The summed E-state index contributed by atoms with van der Waals surface area (Å²) in [4.78, 5) is 23.2. The van der Waals surface area contributed by atoms with E-state index in [0.717, 1.165) is 0 Å². The van der Waals surface area contributed by atoms with Crippen molar-refractivity contribution in [2.45, 2.75) is 46.3 Å². The zero-order valence-corrected chi connectivity index (χ0v) is 15.4. The van der Waals surface area contributed by atoms with Gasteiger partial charge in [-0.1, -0.05) is 20.8 Å². The fourth-order valence-electron chi connectivity index (χ4n) is 1.87. The number of hydrogen-bond acceptors (Lipinski definition) is 5. The van der Waals surface area contributed by atoms with Gasteiger partial charge in [-0.3, -0.25) is 9.59 Å². The standard InChI is InChI=1S/C17H26N2O4.ClH/c1-5-17(22)19-13-6-7-16(15(8-13)12(4)20)23-10-14(21)9-18-11(2)3;/h6-8,11,14,18,21H,5,9-10H2,1-4H3,(H,19,22);1H. The van der Waals surface area contributed by atoms with E-state index in [1.165, 1.54) is 6.92 Å². The summed E-state index contributed by atoms with van der Waals surface area (Å²) in [6.45, 7) is 7.67. The number of benzene rings is 1. The van der Waals surface area contributed by atoms with E-state index in [-0.39, 0.29) is 36.7 Å². The first-order valence-electron chi connectivity index (χ1n) is 7.82. The number of carbonyl (C=O) groups is 2. The number of nitrogens with one attached hydrogen (secondary N) is 2. The van der Waals surface area contributed by atoms with Gasteiger partial charge in [0.1, 0.15) is 18.5 Å². The predicted octanol–water partition coefficient (Wildman–Crippen LogP) is 2.40. The topological polar surface area (TPSA) is 87.7 Å². The third-order valence-corrected chi connectivity index (χ3v) is 3.16. The van der Waals surface area contributed by atoms with E-state index >= 15 is 0 Å². The van der Waals surface area contributed by atoms with Crippen molar-refractivity contribution in [3.63, 3.8) is 0 Å². The lowest BCUT2D eigenvalue weighted by molar-refractivity contribution is -0.115. The Kier molecular flexibility index (Phi) is 10.3. The number of anilines is 1. The van der Waals surface area contributed by atoms with Crippen LogP contribution in [0.5, 0.6) is 5.75 Å². The Bertz CT molecular complexity index is 549. The predicted molar refractivity (Wildman–Crippen MR) is 97.3 cm³/mol. The second kappa shape index (κ2) is 11.0. The van der Waals surface area contributed by atoms with Crippen molar-refractivity contribution in [1.29, 1.82) is 0 Å². The Morgan fingerprint density at radius 1 is 1.29 bits per heavy atom. The lowest BCUT2D eigenvalue weighted by Crippen LogP contribution is -2.35. The van der Waals surface area contributed by atoms with E-state index < -0.39 is 6.10 Å². The number of ketones is 1. The fraction of sp³-hybridized carbons (Fsp3) is 0.529. The molecule has 136 valence electrons. The van der Waals surface area contributed by atoms with Crippen LogP contribution in [0, 0.1) is 0 Å². The van der Waals surface area contributed by atoms with Crippen LogP contribution in [0.3, 0.4) is 0 Å². The number of aliphatic hydroxyl groups excluding tert-OH is 1. The van der Waals surface area contributed by atoms with Crippen LogP contribution < -0.4 is 15.4 Å². The van der Waals surface area contributed by atoms with E-state index in [1.807, 2.05) is 13.8 Å². The molecular formula is C17H27ClN2O4. The van der Waals surface area contributed by atoms with Gasteiger partial charge in [0.2, 0.25) is 5.91 Å². The minimum Gasteiger partial charge on any atom is -0.490 e. The first-order valence-corrected chi connectivity index (χ1v) is 7.82. The van der Waals surface area contributed by atoms with E-state index in [2.05, 4.69) is 10.6 Å². The van der Waals surface area contributed by atoms with Gasteiger partial charge in [0.05, 0.1) is 5.56 Å². The zero-order chi connectivity index (χ0) is 17.4. The summed E-state index contributed by atoms with van der Waals surface area (Å²) in [7, 11) is 0. The molecule has 1 aromatic rings. The highest BCUT2D eigenvalue weighted by Crippen LogP contribution is 2.24. The van der Waals surface area contributed by atoms with Gasteiger partial charge in [0.25, 0.3) is 0 Å². The van der Waals surface area contributed by atoms with Crippen molar-refractivity contribution in [3.05, 3.63) is 23.8 Å². The molecule has 1 amide bonds. The van der Waals surface area contributed by atoms with Crippen LogP contribution in [0.25, 0.3) is 0 Å². The zero-order valence-electron chi connectivity index (χ0n) is 14.6. The van der Waals surface area contributed by atoms with Crippen LogP contribution >= 0.6 is 12.4 Å². The maximum absolute atomic E-state index is 11.8. The number of amides is 1. The van der Waals surface area contributed by atoms with Crippen LogP contribution in [0.1, 0.15) is 44.5 Å². The molecule has 0 saturated carbocycles. The van der Waals surface area contributed by atoms with E-state index in [4.69, 9.17) is 4.74 Å². The highest BCUT2D eigenvalue weighted by Gasteiger charge is 2.13. The second-order valence-electron chi connectivity index (χ2n) is 5.70. The maximum Gasteiger partial charge on any atom is 0.224 e. The maximum atomic E-state index is 11.8. The molecule has 7 heteroatoms. The Hall–Kier alpha value is -1.63. The molecule has 1 unspecified atom stereocenters. The van der Waals surface area contributed by atoms with Crippen molar-refractivity contribution in [2.75, 3.05) is 18.5 Å². The molecule has 24 heavy (non-hydrogen) atoms. The highest BCUT2D eigenvalue weighted by molar-refractivity contribution is 5.99. The Morgan fingerprint density at radius 3 is 2.50 bits per heavy atom. The molecule has 0 aliphatic carbocycles. The van der Waals surface area contributed by atoms with Gasteiger partial charge < -0.3 is 20.5 Å². The molecule has 1 aromatic carbocycles. The molecule has 0 heterocycles. The minimum atomic E-state index is -0.670. The number of ether oxygens (including phenoxy) is 1. The SMILES string of the molecule is CCC(=O)Nc1ccc(OCC(O)CNC(C)C)c(C(C)=O)c1.Cl. The lowest BCUT2D eigenvalue weighted by atomic mass is 10.1. The summed E-state index contributed by atoms with van der Waals surface area (Å²) in [5.41, 5.74) is 0.930. The Morgan fingerprint density at radius 2 is 1.96 bits per heavy atom. The van der Waals surface area contributed by atoms with Crippen LogP contribution in [0.15, 0.2) is 18.2 Å². The smallest absolute Gasteiger partial charge is 0.224 e. The molecule has 6 nitrogen and oxygen atoms in total. The van der Waals surface area contributed by atoms with E-state index in [1.54, 1.807) is 25.1 Å². The molecule has 0 saturated heterocycles. The summed E-state index contributed by atoms with van der Waals surface area (Å²) >= 11 is 0. The number of rotatable bonds is 9. The van der Waals surface area contributed by atoms with Gasteiger partial charge in [0, 0.05) is 24.7 Å². The molecule has 1 atom stereocenters. The van der Waals surface area contributed by atoms with Gasteiger partial charge in [-0.15, -0.1) is 12.4 Å². The average Bonchev–Trinajstić information content (AvgIpc) is 2.51. The average molecular weight is 359 g/mol. The number of halogens is 1. The number of hydrogen-bond donors (Lipinski definition) is 3. The number of Topliss-reactive ketones (excluding diaryl/α,β-unsaturated/α-hetero) is 1. The summed E-state index contributed by atoms with van der Waals surface area (Å²) in [5.74, 6) is 0.112. The van der Waals surface area contributed by atoms with Gasteiger partial charge in [-0.05, 0) is 25.1 Å². The highest BCUT2D eigenvalue weighted by atomic mass is 35.5. The van der Waals surface area contributed by atoms with Crippen molar-refractivity contribution >= 4 is 29.8 Å². The summed E-state index contributed by atoms with van der Waals surface area (Å²) < 4.78 is 5.56. The first kappa shape index (κ1) is 22.4. The van der Waals surface area contributed by atoms with Crippen LogP contribution in [-0.4, -0.2) is 42.1 Å². The van der Waals surface area contributed by atoms with Gasteiger partial charge in [-0.2, -0.15) is 0 Å². The van der Waals surface area contributed by atoms with Crippen LogP contribution in [-0.2, 0) is 4.79 Å². The summed E-state index contributed by atoms with van der Waals surface area (Å²) in [6, 6.07) is 5.17. The van der Waals surface area contributed by atoms with Gasteiger partial charge in [0.15, 0.2) is 5.78 Å². The Balaban J connectivity index is 0.00000529. The largest absolute Gasteiger partial charge is 0.490 e. The molecule has 3 N–H and O–H groups in total. The molecule has 0 fully saturated rings. The van der Waals surface area contributed by atoms with Crippen LogP contribution in [0.4, 0.5) is 5.69 Å². The quantitative estimate of drug-likeness (QED) is 0.590. The molecule has 0 aliphatic heterocycles. The molecule has 0 spiro atoms. The molecule has 0 aromatic heterocycles. The van der Waals surface area contributed by atoms with Crippen molar-refractivity contribution in [2.24, 2.45) is 0 Å². The van der Waals surface area contributed by atoms with Crippen molar-refractivity contribution in [3.8, 4) is 5.75 Å². The first-order chi connectivity index (χ1) is 10.8. The monoisotopic (exact) mass is 358 g/mol. The van der Waals surface area contributed by atoms with Crippen LogP contribution in [0.2, 0.25) is 0 Å². The van der Waals surface area contributed by atoms with Crippen molar-refractivity contribution in [1.82, 2.24) is 5.32 Å². The normalized spacial score (nSPS) is 11.6. The minimum absolute atomic E-state index is 0. The van der Waals surface area contributed by atoms with Gasteiger partial charge in [-0.25, -0.2) is 0 Å². The summed E-state index contributed by atoms with van der Waals surface area (Å²) in [5, 5.41) is 15.7. The van der Waals surface area contributed by atoms with E-state index in [0.29, 0.717) is 30.0 Å². The molecule has 0 aliphatic rings. The number of carbonyl (C=O) groups excluding carboxylic acids is 2. The van der Waals surface area contributed by atoms with Gasteiger partial charge >= 0.3 is 0 Å². The summed E-state index contributed by atoms with van der Waals surface area (Å²) in [6.07, 6.45) is -0.306. The molecule has 0 radical (unpaired) electrons. The fourth-order valence-corrected chi connectivity index (χ4v) is 1.87. The molecule has 0 bridgehead atoms. The van der Waals surface area contributed by atoms with E-state index in [9.17, 15) is 14.7 Å². The molecule has 1 rings (SSSR count). The number of aliphatic hydroxyl groups is 1. The lowest BCUT2D eigenvalue weighted by Gasteiger charge is -2.16. The Labute approximate surface area is 149 Å².